The van der Waals surface area contributed by atoms with Crippen molar-refractivity contribution < 1.29 is 0 Å². The Bertz CT molecular complexity index is 1120. The van der Waals surface area contributed by atoms with Gasteiger partial charge in [0.1, 0.15) is 11.3 Å². The van der Waals surface area contributed by atoms with Crippen LogP contribution >= 0.6 is 11.6 Å². The Labute approximate surface area is 156 Å². The third kappa shape index (κ3) is 2.48. The standard InChI is InChI=1S/C19H19ClN6/c1-24-9-4-10-25(12-11-24)16-8-7-14-18(23-16)26-15-6-3-2-5-13(15)22-19(26)17(20)21-14/h2-3,5-8H,4,9-12H2,1H3. The number of aromatic nitrogens is 4. The lowest BCUT2D eigenvalue weighted by Crippen LogP contribution is -2.29. The predicted octanol–water partition coefficient (Wildman–Crippen LogP) is 3.23. The van der Waals surface area contributed by atoms with E-state index in [0.29, 0.717) is 10.8 Å². The Kier molecular flexibility index (Phi) is 3.69. The Hall–Kier alpha value is -2.44. The molecule has 1 aliphatic heterocycles. The molecule has 6 nitrogen and oxygen atoms in total. The molecule has 26 heavy (non-hydrogen) atoms. The molecule has 132 valence electrons. The molecule has 5 rings (SSSR count). The van der Waals surface area contributed by atoms with Gasteiger partial charge in [0.05, 0.1) is 11.0 Å². The first-order chi connectivity index (χ1) is 12.7. The van der Waals surface area contributed by atoms with Crippen LogP contribution < -0.4 is 4.90 Å². The zero-order chi connectivity index (χ0) is 17.7. The fourth-order valence-electron chi connectivity index (χ4n) is 3.67. The van der Waals surface area contributed by atoms with Crippen molar-refractivity contribution in [2.24, 2.45) is 0 Å². The molecular formula is C19H19ClN6. The summed E-state index contributed by atoms with van der Waals surface area (Å²) in [5, 5.41) is 0.402. The normalized spacial score (nSPS) is 16.6. The highest BCUT2D eigenvalue weighted by molar-refractivity contribution is 6.33. The summed E-state index contributed by atoms with van der Waals surface area (Å²) in [6.45, 7) is 4.15. The molecule has 0 bridgehead atoms. The number of para-hydroxylation sites is 2. The van der Waals surface area contributed by atoms with E-state index in [9.17, 15) is 0 Å². The summed E-state index contributed by atoms with van der Waals surface area (Å²) in [6.07, 6.45) is 1.14. The zero-order valence-electron chi connectivity index (χ0n) is 14.6. The molecule has 4 heterocycles. The van der Waals surface area contributed by atoms with Crippen LogP contribution in [0.5, 0.6) is 0 Å². The van der Waals surface area contributed by atoms with Crippen LogP contribution in [0, 0.1) is 0 Å². The summed E-state index contributed by atoms with van der Waals surface area (Å²) in [7, 11) is 2.17. The Morgan fingerprint density at radius 2 is 1.73 bits per heavy atom. The Morgan fingerprint density at radius 3 is 2.65 bits per heavy atom. The lowest BCUT2D eigenvalue weighted by atomic mass is 10.3. The van der Waals surface area contributed by atoms with Crippen LogP contribution in [0.2, 0.25) is 5.15 Å². The van der Waals surface area contributed by atoms with E-state index in [1.165, 1.54) is 0 Å². The van der Waals surface area contributed by atoms with E-state index in [-0.39, 0.29) is 0 Å². The molecule has 1 aliphatic rings. The molecule has 0 unspecified atom stereocenters. The number of imidazole rings is 1. The van der Waals surface area contributed by atoms with Gasteiger partial charge in [0.2, 0.25) is 0 Å². The van der Waals surface area contributed by atoms with E-state index in [1.807, 2.05) is 40.8 Å². The molecular weight excluding hydrogens is 348 g/mol. The molecule has 1 saturated heterocycles. The topological polar surface area (TPSA) is 49.6 Å². The van der Waals surface area contributed by atoms with Gasteiger partial charge in [0.25, 0.3) is 0 Å². The maximum absolute atomic E-state index is 6.40. The van der Waals surface area contributed by atoms with Crippen LogP contribution in [0.15, 0.2) is 36.4 Å². The van der Waals surface area contributed by atoms with Crippen LogP contribution in [0.1, 0.15) is 6.42 Å². The number of fused-ring (bicyclic) bond motifs is 5. The van der Waals surface area contributed by atoms with E-state index in [1.54, 1.807) is 0 Å². The molecule has 0 aliphatic carbocycles. The summed E-state index contributed by atoms with van der Waals surface area (Å²) in [6, 6.07) is 12.1. The summed E-state index contributed by atoms with van der Waals surface area (Å²) < 4.78 is 2.02. The van der Waals surface area contributed by atoms with Gasteiger partial charge in [0, 0.05) is 19.6 Å². The van der Waals surface area contributed by atoms with E-state index in [4.69, 9.17) is 16.6 Å². The third-order valence-electron chi connectivity index (χ3n) is 5.06. The van der Waals surface area contributed by atoms with Gasteiger partial charge in [-0.3, -0.25) is 4.40 Å². The minimum atomic E-state index is 0.402. The fraction of sp³-hybridized carbons (Fsp3) is 0.316. The highest BCUT2D eigenvalue weighted by atomic mass is 35.5. The molecule has 0 radical (unpaired) electrons. The number of anilines is 1. The number of likely N-dealkylation sites (N-methyl/N-ethyl adjacent to an activating group) is 1. The minimum absolute atomic E-state index is 0.402. The van der Waals surface area contributed by atoms with Gasteiger partial charge in [-0.05, 0) is 44.3 Å². The second kappa shape index (κ2) is 6.07. The minimum Gasteiger partial charge on any atom is -0.355 e. The number of hydrogen-bond donors (Lipinski definition) is 0. The first-order valence-electron chi connectivity index (χ1n) is 8.88. The molecule has 0 spiro atoms. The summed E-state index contributed by atoms with van der Waals surface area (Å²) >= 11 is 6.40. The molecule has 0 atom stereocenters. The molecule has 7 heteroatoms. The van der Waals surface area contributed by atoms with Gasteiger partial charge >= 0.3 is 0 Å². The highest BCUT2D eigenvalue weighted by Crippen LogP contribution is 2.27. The maximum Gasteiger partial charge on any atom is 0.177 e. The van der Waals surface area contributed by atoms with Gasteiger partial charge < -0.3 is 9.80 Å². The second-order valence-electron chi connectivity index (χ2n) is 6.82. The summed E-state index contributed by atoms with van der Waals surface area (Å²) in [5.41, 5.74) is 4.12. The average Bonchev–Trinajstić information content (AvgIpc) is 2.92. The molecule has 0 amide bonds. The van der Waals surface area contributed by atoms with Crippen molar-refractivity contribution in [1.82, 2.24) is 24.3 Å². The number of halogens is 1. The van der Waals surface area contributed by atoms with Crippen molar-refractivity contribution in [3.8, 4) is 0 Å². The number of benzene rings is 1. The molecule has 1 fully saturated rings. The van der Waals surface area contributed by atoms with E-state index in [0.717, 1.165) is 60.6 Å². The quantitative estimate of drug-likeness (QED) is 0.517. The number of rotatable bonds is 1. The van der Waals surface area contributed by atoms with E-state index < -0.39 is 0 Å². The van der Waals surface area contributed by atoms with Crippen molar-refractivity contribution in [3.63, 3.8) is 0 Å². The van der Waals surface area contributed by atoms with Crippen LogP contribution in [-0.2, 0) is 0 Å². The lowest BCUT2D eigenvalue weighted by Gasteiger charge is -2.22. The van der Waals surface area contributed by atoms with Crippen LogP contribution in [0.4, 0.5) is 5.82 Å². The first-order valence-corrected chi connectivity index (χ1v) is 9.25. The second-order valence-corrected chi connectivity index (χ2v) is 7.18. The van der Waals surface area contributed by atoms with Crippen molar-refractivity contribution >= 4 is 45.3 Å². The van der Waals surface area contributed by atoms with Gasteiger partial charge in [-0.1, -0.05) is 23.7 Å². The van der Waals surface area contributed by atoms with Crippen molar-refractivity contribution in [2.75, 3.05) is 38.1 Å². The van der Waals surface area contributed by atoms with Crippen molar-refractivity contribution in [3.05, 3.63) is 41.6 Å². The highest BCUT2D eigenvalue weighted by Gasteiger charge is 2.17. The van der Waals surface area contributed by atoms with Gasteiger partial charge in [-0.2, -0.15) is 0 Å². The van der Waals surface area contributed by atoms with Crippen molar-refractivity contribution in [1.29, 1.82) is 0 Å². The molecule has 0 N–H and O–H groups in total. The Morgan fingerprint density at radius 1 is 0.846 bits per heavy atom. The number of nitrogens with zero attached hydrogens (tertiary/aromatic N) is 6. The average molecular weight is 367 g/mol. The SMILES string of the molecule is CN1CCCN(c2ccc3nc(Cl)c4nc5ccccc5n4c3n2)CC1. The third-order valence-corrected chi connectivity index (χ3v) is 5.31. The molecule has 3 aromatic heterocycles. The van der Waals surface area contributed by atoms with Crippen LogP contribution in [-0.4, -0.2) is 57.5 Å². The van der Waals surface area contributed by atoms with Gasteiger partial charge in [-0.15, -0.1) is 0 Å². The fourth-order valence-corrected chi connectivity index (χ4v) is 3.89. The lowest BCUT2D eigenvalue weighted by molar-refractivity contribution is 0.360. The molecule has 4 aromatic rings. The van der Waals surface area contributed by atoms with Gasteiger partial charge in [-0.25, -0.2) is 15.0 Å². The van der Waals surface area contributed by atoms with E-state index >= 15 is 0 Å². The number of pyridine rings is 1. The smallest absolute Gasteiger partial charge is 0.177 e. The predicted molar refractivity (Wildman–Crippen MR) is 105 cm³/mol. The monoisotopic (exact) mass is 366 g/mol. The van der Waals surface area contributed by atoms with Gasteiger partial charge in [0.15, 0.2) is 16.4 Å². The number of hydrogen-bond acceptors (Lipinski definition) is 5. The largest absolute Gasteiger partial charge is 0.355 e. The molecule has 0 saturated carbocycles. The molecule has 1 aromatic carbocycles. The van der Waals surface area contributed by atoms with Crippen molar-refractivity contribution in [2.45, 2.75) is 6.42 Å². The first kappa shape index (κ1) is 15.8. The summed E-state index contributed by atoms with van der Waals surface area (Å²) in [5.74, 6) is 0.982. The van der Waals surface area contributed by atoms with Crippen LogP contribution in [0.3, 0.4) is 0 Å². The zero-order valence-corrected chi connectivity index (χ0v) is 15.3. The summed E-state index contributed by atoms with van der Waals surface area (Å²) in [4.78, 5) is 18.8. The Balaban J connectivity index is 1.74. The van der Waals surface area contributed by atoms with Crippen LogP contribution in [0.25, 0.3) is 27.8 Å². The maximum atomic E-state index is 6.40. The van der Waals surface area contributed by atoms with E-state index in [2.05, 4.69) is 26.8 Å².